The SMILES string of the molecule is CN(C)c1nnc(NC2CCCCC2)[nH]1. The van der Waals surface area contributed by atoms with E-state index in [-0.39, 0.29) is 0 Å². The first-order valence-electron chi connectivity index (χ1n) is 5.62. The minimum absolute atomic E-state index is 0.571. The molecule has 1 saturated carbocycles. The second-order valence-corrected chi connectivity index (χ2v) is 4.37. The molecule has 0 amide bonds. The number of anilines is 2. The van der Waals surface area contributed by atoms with Crippen molar-refractivity contribution in [3.63, 3.8) is 0 Å². The summed E-state index contributed by atoms with van der Waals surface area (Å²) in [6.07, 6.45) is 6.52. The molecule has 5 heteroatoms. The van der Waals surface area contributed by atoms with Gasteiger partial charge in [-0.25, -0.2) is 0 Å². The fourth-order valence-corrected chi connectivity index (χ4v) is 1.96. The summed E-state index contributed by atoms with van der Waals surface area (Å²) in [5.74, 6) is 1.60. The molecule has 0 spiro atoms. The van der Waals surface area contributed by atoms with Crippen LogP contribution in [-0.4, -0.2) is 35.3 Å². The Morgan fingerprint density at radius 3 is 2.53 bits per heavy atom. The summed E-state index contributed by atoms with van der Waals surface area (Å²) >= 11 is 0. The van der Waals surface area contributed by atoms with Crippen molar-refractivity contribution < 1.29 is 0 Å². The standard InChI is InChI=1S/C10H19N5/c1-15(2)10-12-9(13-14-10)11-8-6-4-3-5-7-8/h8H,3-7H2,1-2H3,(H2,11,12,13,14). The molecule has 2 N–H and O–H groups in total. The highest BCUT2D eigenvalue weighted by Crippen LogP contribution is 2.20. The van der Waals surface area contributed by atoms with Gasteiger partial charge in [-0.1, -0.05) is 19.3 Å². The first kappa shape index (κ1) is 10.3. The van der Waals surface area contributed by atoms with E-state index in [1.54, 1.807) is 0 Å². The summed E-state index contributed by atoms with van der Waals surface area (Å²) in [6, 6.07) is 0.571. The van der Waals surface area contributed by atoms with Gasteiger partial charge >= 0.3 is 0 Å². The summed E-state index contributed by atoms with van der Waals surface area (Å²) in [5, 5.41) is 11.5. The zero-order valence-electron chi connectivity index (χ0n) is 9.45. The highest BCUT2D eigenvalue weighted by molar-refractivity contribution is 5.35. The van der Waals surface area contributed by atoms with Crippen molar-refractivity contribution in [1.29, 1.82) is 0 Å². The van der Waals surface area contributed by atoms with Gasteiger partial charge < -0.3 is 10.2 Å². The molecular formula is C10H19N5. The Bertz CT molecular complexity index is 301. The predicted molar refractivity (Wildman–Crippen MR) is 61.2 cm³/mol. The van der Waals surface area contributed by atoms with E-state index < -0.39 is 0 Å². The van der Waals surface area contributed by atoms with E-state index in [9.17, 15) is 0 Å². The molecule has 15 heavy (non-hydrogen) atoms. The smallest absolute Gasteiger partial charge is 0.225 e. The van der Waals surface area contributed by atoms with E-state index in [1.807, 2.05) is 19.0 Å². The Morgan fingerprint density at radius 2 is 1.93 bits per heavy atom. The molecule has 1 aliphatic carbocycles. The molecule has 0 saturated heterocycles. The van der Waals surface area contributed by atoms with Crippen LogP contribution in [0.3, 0.4) is 0 Å². The van der Waals surface area contributed by atoms with Gasteiger partial charge in [-0.3, -0.25) is 4.98 Å². The van der Waals surface area contributed by atoms with Crippen molar-refractivity contribution in [3.05, 3.63) is 0 Å². The van der Waals surface area contributed by atoms with Gasteiger partial charge in [0.15, 0.2) is 0 Å². The number of nitrogens with zero attached hydrogens (tertiary/aromatic N) is 3. The number of aromatic amines is 1. The Morgan fingerprint density at radius 1 is 1.20 bits per heavy atom. The number of H-pyrrole nitrogens is 1. The first-order chi connectivity index (χ1) is 7.25. The molecule has 1 aromatic rings. The van der Waals surface area contributed by atoms with Gasteiger partial charge in [-0.2, -0.15) is 0 Å². The molecule has 2 rings (SSSR count). The van der Waals surface area contributed by atoms with Crippen LogP contribution in [0.4, 0.5) is 11.9 Å². The van der Waals surface area contributed by atoms with Crippen LogP contribution >= 0.6 is 0 Å². The fraction of sp³-hybridized carbons (Fsp3) is 0.800. The second-order valence-electron chi connectivity index (χ2n) is 4.37. The van der Waals surface area contributed by atoms with Crippen molar-refractivity contribution >= 4 is 11.9 Å². The lowest BCUT2D eigenvalue weighted by Crippen LogP contribution is -2.22. The van der Waals surface area contributed by atoms with Crippen molar-refractivity contribution in [2.75, 3.05) is 24.3 Å². The van der Waals surface area contributed by atoms with Crippen LogP contribution in [0.25, 0.3) is 0 Å². The average molecular weight is 209 g/mol. The van der Waals surface area contributed by atoms with Gasteiger partial charge in [0.1, 0.15) is 0 Å². The van der Waals surface area contributed by atoms with Gasteiger partial charge in [0.2, 0.25) is 11.9 Å². The normalized spacial score (nSPS) is 17.7. The maximum Gasteiger partial charge on any atom is 0.225 e. The number of hydrogen-bond donors (Lipinski definition) is 2. The molecule has 0 aliphatic heterocycles. The Hall–Kier alpha value is -1.26. The first-order valence-corrected chi connectivity index (χ1v) is 5.62. The van der Waals surface area contributed by atoms with E-state index in [2.05, 4.69) is 20.5 Å². The van der Waals surface area contributed by atoms with Gasteiger partial charge in [0.05, 0.1) is 0 Å². The lowest BCUT2D eigenvalue weighted by molar-refractivity contribution is 0.461. The number of rotatable bonds is 3. The lowest BCUT2D eigenvalue weighted by Gasteiger charge is -2.21. The van der Waals surface area contributed by atoms with Crippen molar-refractivity contribution in [2.45, 2.75) is 38.1 Å². The van der Waals surface area contributed by atoms with E-state index in [0.717, 1.165) is 11.9 Å². The quantitative estimate of drug-likeness (QED) is 0.794. The van der Waals surface area contributed by atoms with Crippen LogP contribution in [0.15, 0.2) is 0 Å². The lowest BCUT2D eigenvalue weighted by atomic mass is 9.96. The molecule has 0 unspecified atom stereocenters. The van der Waals surface area contributed by atoms with Gasteiger partial charge in [-0.05, 0) is 12.8 Å². The molecule has 5 nitrogen and oxygen atoms in total. The molecule has 1 heterocycles. The highest BCUT2D eigenvalue weighted by Gasteiger charge is 2.14. The van der Waals surface area contributed by atoms with Crippen LogP contribution in [0.1, 0.15) is 32.1 Å². The van der Waals surface area contributed by atoms with Gasteiger partial charge in [0, 0.05) is 20.1 Å². The van der Waals surface area contributed by atoms with Crippen molar-refractivity contribution in [1.82, 2.24) is 15.2 Å². The monoisotopic (exact) mass is 209 g/mol. The summed E-state index contributed by atoms with van der Waals surface area (Å²) in [4.78, 5) is 5.07. The minimum atomic E-state index is 0.571. The fourth-order valence-electron chi connectivity index (χ4n) is 1.96. The van der Waals surface area contributed by atoms with E-state index in [4.69, 9.17) is 0 Å². The predicted octanol–water partition coefficient (Wildman–Crippen LogP) is 1.62. The van der Waals surface area contributed by atoms with E-state index in [1.165, 1.54) is 32.1 Å². The van der Waals surface area contributed by atoms with E-state index >= 15 is 0 Å². The molecule has 0 atom stereocenters. The van der Waals surface area contributed by atoms with Crippen LogP contribution in [-0.2, 0) is 0 Å². The summed E-state index contributed by atoms with van der Waals surface area (Å²) in [5.41, 5.74) is 0. The summed E-state index contributed by atoms with van der Waals surface area (Å²) in [7, 11) is 3.90. The molecular weight excluding hydrogens is 190 g/mol. The third kappa shape index (κ3) is 2.61. The summed E-state index contributed by atoms with van der Waals surface area (Å²) < 4.78 is 0. The molecule has 84 valence electrons. The molecule has 1 fully saturated rings. The number of aromatic nitrogens is 3. The van der Waals surface area contributed by atoms with Crippen molar-refractivity contribution in [3.8, 4) is 0 Å². The third-order valence-corrected chi connectivity index (χ3v) is 2.84. The largest absolute Gasteiger partial charge is 0.352 e. The van der Waals surface area contributed by atoms with Crippen LogP contribution < -0.4 is 10.2 Å². The average Bonchev–Trinajstić information content (AvgIpc) is 2.68. The van der Waals surface area contributed by atoms with Crippen LogP contribution in [0.2, 0.25) is 0 Å². The highest BCUT2D eigenvalue weighted by atomic mass is 15.4. The van der Waals surface area contributed by atoms with Crippen molar-refractivity contribution in [2.24, 2.45) is 0 Å². The van der Waals surface area contributed by atoms with Gasteiger partial charge in [-0.15, -0.1) is 10.2 Å². The zero-order valence-corrected chi connectivity index (χ0v) is 9.45. The zero-order chi connectivity index (χ0) is 10.7. The molecule has 0 radical (unpaired) electrons. The maximum atomic E-state index is 4.07. The Balaban J connectivity index is 1.91. The summed E-state index contributed by atoms with van der Waals surface area (Å²) in [6.45, 7) is 0. The minimum Gasteiger partial charge on any atom is -0.352 e. The second kappa shape index (κ2) is 4.51. The molecule has 0 bridgehead atoms. The maximum absolute atomic E-state index is 4.07. The van der Waals surface area contributed by atoms with Crippen LogP contribution in [0.5, 0.6) is 0 Å². The topological polar surface area (TPSA) is 56.8 Å². The number of nitrogens with one attached hydrogen (secondary N) is 2. The molecule has 0 aromatic carbocycles. The Kier molecular flexibility index (Phi) is 3.08. The third-order valence-electron chi connectivity index (χ3n) is 2.84. The Labute approximate surface area is 90.3 Å². The van der Waals surface area contributed by atoms with Crippen LogP contribution in [0, 0.1) is 0 Å². The van der Waals surface area contributed by atoms with Gasteiger partial charge in [0.25, 0.3) is 0 Å². The van der Waals surface area contributed by atoms with E-state index in [0.29, 0.717) is 6.04 Å². The molecule has 1 aromatic heterocycles. The number of hydrogen-bond acceptors (Lipinski definition) is 4. The molecule has 1 aliphatic rings.